The summed E-state index contributed by atoms with van der Waals surface area (Å²) in [6.07, 6.45) is 6.94. The number of nitrogens with one attached hydrogen (secondary N) is 2. The van der Waals surface area contributed by atoms with Crippen molar-refractivity contribution >= 4 is 15.8 Å². The molecule has 0 fully saturated rings. The molecule has 1 aromatic heterocycles. The van der Waals surface area contributed by atoms with Crippen LogP contribution in [0, 0.1) is 5.92 Å². The van der Waals surface area contributed by atoms with Gasteiger partial charge in [-0.15, -0.1) is 0 Å². The van der Waals surface area contributed by atoms with E-state index in [1.165, 1.54) is 25.5 Å². The van der Waals surface area contributed by atoms with Crippen LogP contribution >= 0.6 is 0 Å². The van der Waals surface area contributed by atoms with Gasteiger partial charge in [0.05, 0.1) is 0 Å². The van der Waals surface area contributed by atoms with E-state index in [9.17, 15) is 8.42 Å². The zero-order chi connectivity index (χ0) is 15.7. The number of pyridine rings is 1. The Labute approximate surface area is 128 Å². The van der Waals surface area contributed by atoms with E-state index in [4.69, 9.17) is 0 Å². The van der Waals surface area contributed by atoms with Crippen LogP contribution in [0.25, 0.3) is 0 Å². The number of anilines is 1. The summed E-state index contributed by atoms with van der Waals surface area (Å²) in [7, 11) is -1.69. The van der Waals surface area contributed by atoms with Crippen LogP contribution in [0.15, 0.2) is 23.2 Å². The molecule has 0 aliphatic carbocycles. The molecule has 2 N–H and O–H groups in total. The van der Waals surface area contributed by atoms with Crippen LogP contribution in [0.5, 0.6) is 0 Å². The number of hydrogen-bond donors (Lipinski definition) is 2. The Bertz CT molecular complexity index is 498. The lowest BCUT2D eigenvalue weighted by Crippen LogP contribution is -2.24. The Hall–Kier alpha value is -1.14. The molecule has 0 saturated heterocycles. The van der Waals surface area contributed by atoms with Gasteiger partial charge in [0, 0.05) is 19.8 Å². The fraction of sp³-hybridized carbons (Fsp3) is 0.667. The molecule has 1 heterocycles. The smallest absolute Gasteiger partial charge is 0.242 e. The minimum absolute atomic E-state index is 0.210. The molecule has 0 unspecified atom stereocenters. The van der Waals surface area contributed by atoms with E-state index >= 15 is 0 Å². The molecule has 0 amide bonds. The number of unbranched alkanes of at least 4 members (excludes halogenated alkanes) is 3. The van der Waals surface area contributed by atoms with Crippen molar-refractivity contribution in [3.63, 3.8) is 0 Å². The number of rotatable bonds is 10. The van der Waals surface area contributed by atoms with E-state index in [0.717, 1.165) is 18.8 Å². The van der Waals surface area contributed by atoms with Crippen LogP contribution in [-0.4, -0.2) is 27.0 Å². The lowest BCUT2D eigenvalue weighted by Gasteiger charge is -2.07. The van der Waals surface area contributed by atoms with Crippen molar-refractivity contribution in [2.45, 2.75) is 50.8 Å². The van der Waals surface area contributed by atoms with Gasteiger partial charge in [-0.3, -0.25) is 0 Å². The minimum atomic E-state index is -3.43. The van der Waals surface area contributed by atoms with Gasteiger partial charge in [-0.1, -0.05) is 39.5 Å². The molecule has 0 aliphatic heterocycles. The molecule has 1 rings (SSSR count). The average Bonchev–Trinajstić information content (AvgIpc) is 2.46. The van der Waals surface area contributed by atoms with Gasteiger partial charge in [-0.05, 0) is 24.5 Å². The van der Waals surface area contributed by atoms with Gasteiger partial charge >= 0.3 is 0 Å². The first-order valence-electron chi connectivity index (χ1n) is 7.59. The van der Waals surface area contributed by atoms with E-state index in [2.05, 4.69) is 28.9 Å². The molecule has 0 bridgehead atoms. The predicted octanol–water partition coefficient (Wildman–Crippen LogP) is 3.01. The molecule has 0 aliphatic rings. The van der Waals surface area contributed by atoms with Gasteiger partial charge in [0.1, 0.15) is 10.7 Å². The quantitative estimate of drug-likeness (QED) is 0.651. The number of nitrogens with zero attached hydrogens (tertiary/aromatic N) is 1. The van der Waals surface area contributed by atoms with Crippen molar-refractivity contribution in [3.05, 3.63) is 18.3 Å². The van der Waals surface area contributed by atoms with Gasteiger partial charge in [0.25, 0.3) is 0 Å². The van der Waals surface area contributed by atoms with Crippen molar-refractivity contribution < 1.29 is 8.42 Å². The van der Waals surface area contributed by atoms with Crippen molar-refractivity contribution in [3.8, 4) is 0 Å². The number of hydrogen-bond acceptors (Lipinski definition) is 4. The summed E-state index contributed by atoms with van der Waals surface area (Å²) >= 11 is 0. The third-order valence-electron chi connectivity index (χ3n) is 3.30. The highest BCUT2D eigenvalue weighted by Gasteiger charge is 2.13. The van der Waals surface area contributed by atoms with Crippen LogP contribution in [0.4, 0.5) is 5.82 Å². The summed E-state index contributed by atoms with van der Waals surface area (Å²) < 4.78 is 26.7. The number of sulfonamides is 1. The van der Waals surface area contributed by atoms with E-state index in [1.54, 1.807) is 19.2 Å². The number of aromatic nitrogens is 1. The molecule has 5 nitrogen and oxygen atoms in total. The molecular weight excluding hydrogens is 286 g/mol. The second-order valence-electron chi connectivity index (χ2n) is 5.62. The highest BCUT2D eigenvalue weighted by molar-refractivity contribution is 7.89. The summed E-state index contributed by atoms with van der Waals surface area (Å²) in [5.41, 5.74) is 0. The summed E-state index contributed by atoms with van der Waals surface area (Å²) in [6, 6.07) is 3.21. The molecule has 6 heteroatoms. The molecule has 120 valence electrons. The maximum absolute atomic E-state index is 12.0. The Morgan fingerprint density at radius 1 is 1.14 bits per heavy atom. The van der Waals surface area contributed by atoms with Gasteiger partial charge in [0.2, 0.25) is 10.0 Å². The third kappa shape index (κ3) is 6.91. The summed E-state index contributed by atoms with van der Waals surface area (Å²) in [4.78, 5) is 4.23. The molecule has 0 radical (unpaired) electrons. The van der Waals surface area contributed by atoms with Crippen LogP contribution in [0.1, 0.15) is 46.0 Å². The Kier molecular flexibility index (Phi) is 7.67. The van der Waals surface area contributed by atoms with Crippen LogP contribution in [-0.2, 0) is 10.0 Å². The van der Waals surface area contributed by atoms with Crippen LogP contribution < -0.4 is 10.0 Å². The monoisotopic (exact) mass is 313 g/mol. The standard InChI is InChI=1S/C15H27N3O2S/c1-13(2)8-6-4-5-7-11-18-21(19,20)14-9-10-15(16-3)17-12-14/h9-10,12-13,18H,4-8,11H2,1-3H3,(H,16,17). The van der Waals surface area contributed by atoms with Gasteiger partial charge in [-0.2, -0.15) is 0 Å². The molecular formula is C15H27N3O2S. The van der Waals surface area contributed by atoms with Crippen LogP contribution in [0.3, 0.4) is 0 Å². The highest BCUT2D eigenvalue weighted by atomic mass is 32.2. The van der Waals surface area contributed by atoms with E-state index in [-0.39, 0.29) is 4.90 Å². The summed E-state index contributed by atoms with van der Waals surface area (Å²) in [5.74, 6) is 1.40. The third-order valence-corrected chi connectivity index (χ3v) is 4.75. The van der Waals surface area contributed by atoms with Crippen molar-refractivity contribution in [2.24, 2.45) is 5.92 Å². The Morgan fingerprint density at radius 2 is 1.86 bits per heavy atom. The molecule has 0 aromatic carbocycles. The second-order valence-corrected chi connectivity index (χ2v) is 7.39. The molecule has 0 atom stereocenters. The van der Waals surface area contributed by atoms with Crippen molar-refractivity contribution in [1.82, 2.24) is 9.71 Å². The molecule has 0 saturated carbocycles. The fourth-order valence-electron chi connectivity index (χ4n) is 2.01. The van der Waals surface area contributed by atoms with Gasteiger partial charge in [-0.25, -0.2) is 18.1 Å². The summed E-state index contributed by atoms with van der Waals surface area (Å²) in [6.45, 7) is 4.93. The van der Waals surface area contributed by atoms with Gasteiger partial charge < -0.3 is 5.32 Å². The zero-order valence-electron chi connectivity index (χ0n) is 13.2. The first-order chi connectivity index (χ1) is 9.95. The highest BCUT2D eigenvalue weighted by Crippen LogP contribution is 2.11. The fourth-order valence-corrected chi connectivity index (χ4v) is 3.03. The topological polar surface area (TPSA) is 71.1 Å². The Balaban J connectivity index is 2.29. The first kappa shape index (κ1) is 17.9. The van der Waals surface area contributed by atoms with E-state index in [1.807, 2.05) is 0 Å². The molecule has 21 heavy (non-hydrogen) atoms. The van der Waals surface area contributed by atoms with Crippen LogP contribution in [0.2, 0.25) is 0 Å². The zero-order valence-corrected chi connectivity index (χ0v) is 14.0. The maximum atomic E-state index is 12.0. The molecule has 0 spiro atoms. The average molecular weight is 313 g/mol. The maximum Gasteiger partial charge on any atom is 0.242 e. The molecule has 1 aromatic rings. The van der Waals surface area contributed by atoms with Crippen molar-refractivity contribution in [2.75, 3.05) is 18.9 Å². The van der Waals surface area contributed by atoms with E-state index < -0.39 is 10.0 Å². The normalized spacial score (nSPS) is 11.8. The van der Waals surface area contributed by atoms with Crippen molar-refractivity contribution in [1.29, 1.82) is 0 Å². The summed E-state index contributed by atoms with van der Waals surface area (Å²) in [5, 5.41) is 2.86. The second kappa shape index (κ2) is 9.00. The SMILES string of the molecule is CNc1ccc(S(=O)(=O)NCCCCCCC(C)C)cn1. The Morgan fingerprint density at radius 3 is 2.43 bits per heavy atom. The predicted molar refractivity (Wildman–Crippen MR) is 86.9 cm³/mol. The van der Waals surface area contributed by atoms with E-state index in [0.29, 0.717) is 12.4 Å². The van der Waals surface area contributed by atoms with Gasteiger partial charge in [0.15, 0.2) is 0 Å². The first-order valence-corrected chi connectivity index (χ1v) is 9.07. The largest absolute Gasteiger partial charge is 0.373 e. The minimum Gasteiger partial charge on any atom is -0.373 e. The lowest BCUT2D eigenvalue weighted by atomic mass is 10.0. The lowest BCUT2D eigenvalue weighted by molar-refractivity contribution is 0.517.